The fraction of sp³-hybridized carbons (Fsp3) is 0.265. The van der Waals surface area contributed by atoms with Gasteiger partial charge in [-0.3, -0.25) is 9.36 Å². The summed E-state index contributed by atoms with van der Waals surface area (Å²) < 4.78 is 25.6. The van der Waals surface area contributed by atoms with Crippen LogP contribution in [0.25, 0.3) is 6.08 Å². The van der Waals surface area contributed by atoms with Gasteiger partial charge in [-0.2, -0.15) is 0 Å². The Labute approximate surface area is 278 Å². The lowest BCUT2D eigenvalue weighted by atomic mass is 9.96. The Morgan fingerprint density at radius 2 is 1.82 bits per heavy atom. The van der Waals surface area contributed by atoms with Gasteiger partial charge in [0.25, 0.3) is 5.56 Å². The summed E-state index contributed by atoms with van der Waals surface area (Å²) in [6, 6.07) is 17.7. The summed E-state index contributed by atoms with van der Waals surface area (Å²) in [5, 5.41) is 0.653. The molecule has 3 aromatic carbocycles. The highest BCUT2D eigenvalue weighted by Gasteiger charge is 2.33. The summed E-state index contributed by atoms with van der Waals surface area (Å²) >= 11 is 10.9. The maximum Gasteiger partial charge on any atom is 0.338 e. The molecular formula is C34H32BrClN2O6S. The maximum atomic E-state index is 14.1. The molecule has 8 nitrogen and oxygen atoms in total. The highest BCUT2D eigenvalue weighted by Crippen LogP contribution is 2.38. The molecule has 0 radical (unpaired) electrons. The maximum absolute atomic E-state index is 14.1. The summed E-state index contributed by atoms with van der Waals surface area (Å²) in [4.78, 5) is 32.6. The van der Waals surface area contributed by atoms with Crippen molar-refractivity contribution in [2.45, 2.75) is 46.4 Å². The number of fused-ring (bicyclic) bond motifs is 1. The number of hydrogen-bond donors (Lipinski definition) is 0. The van der Waals surface area contributed by atoms with Gasteiger partial charge in [0.15, 0.2) is 16.3 Å². The third-order valence-corrected chi connectivity index (χ3v) is 8.76. The molecule has 1 atom stereocenters. The molecule has 0 unspecified atom stereocenters. The van der Waals surface area contributed by atoms with E-state index in [0.29, 0.717) is 60.6 Å². The molecule has 45 heavy (non-hydrogen) atoms. The average molecular weight is 712 g/mol. The van der Waals surface area contributed by atoms with E-state index in [4.69, 9.17) is 30.5 Å². The quantitative estimate of drug-likeness (QED) is 0.173. The van der Waals surface area contributed by atoms with E-state index < -0.39 is 12.0 Å². The molecule has 0 N–H and O–H groups in total. The van der Waals surface area contributed by atoms with E-state index in [-0.39, 0.29) is 11.7 Å². The van der Waals surface area contributed by atoms with Crippen LogP contribution in [0.15, 0.2) is 86.2 Å². The van der Waals surface area contributed by atoms with E-state index in [1.807, 2.05) is 61.5 Å². The Bertz CT molecular complexity index is 1930. The number of halogens is 2. The molecule has 0 bridgehead atoms. The fourth-order valence-electron chi connectivity index (χ4n) is 4.94. The number of hydrogen-bond acceptors (Lipinski definition) is 8. The lowest BCUT2D eigenvalue weighted by molar-refractivity contribution is -0.143. The number of benzene rings is 3. The molecular weight excluding hydrogens is 680 g/mol. The molecule has 0 fully saturated rings. The highest BCUT2D eigenvalue weighted by molar-refractivity contribution is 9.10. The van der Waals surface area contributed by atoms with Crippen LogP contribution in [0.2, 0.25) is 5.02 Å². The lowest BCUT2D eigenvalue weighted by Crippen LogP contribution is -2.40. The number of rotatable bonds is 10. The number of carbonyl (C=O) groups excluding carboxylic acids is 1. The zero-order valence-electron chi connectivity index (χ0n) is 25.4. The number of aromatic nitrogens is 1. The second-order valence-corrected chi connectivity index (χ2v) is 12.8. The Morgan fingerprint density at radius 3 is 2.47 bits per heavy atom. The Hall–Kier alpha value is -3.86. The van der Waals surface area contributed by atoms with Crippen LogP contribution in [-0.2, 0) is 16.1 Å². The monoisotopic (exact) mass is 710 g/mol. The number of ether oxygens (including phenoxy) is 4. The minimum atomic E-state index is -0.727. The van der Waals surface area contributed by atoms with Crippen LogP contribution < -0.4 is 29.1 Å². The molecule has 1 aliphatic rings. The minimum Gasteiger partial charge on any atom is -0.494 e. The molecule has 1 aliphatic heterocycles. The molecule has 1 aromatic heterocycles. The van der Waals surface area contributed by atoms with Crippen LogP contribution >= 0.6 is 38.9 Å². The van der Waals surface area contributed by atoms with Crippen molar-refractivity contribution in [1.82, 2.24) is 4.57 Å². The van der Waals surface area contributed by atoms with Crippen molar-refractivity contribution >= 4 is 50.9 Å². The van der Waals surface area contributed by atoms with Gasteiger partial charge in [-0.1, -0.05) is 47.2 Å². The van der Waals surface area contributed by atoms with Gasteiger partial charge in [-0.25, -0.2) is 9.79 Å². The van der Waals surface area contributed by atoms with Crippen LogP contribution in [0.3, 0.4) is 0 Å². The Balaban J connectivity index is 1.56. The molecule has 5 rings (SSSR count). The van der Waals surface area contributed by atoms with Gasteiger partial charge in [-0.05, 0) is 103 Å². The van der Waals surface area contributed by atoms with Crippen LogP contribution in [0.4, 0.5) is 0 Å². The van der Waals surface area contributed by atoms with Crippen molar-refractivity contribution in [1.29, 1.82) is 0 Å². The van der Waals surface area contributed by atoms with Crippen LogP contribution in [0.5, 0.6) is 17.2 Å². The van der Waals surface area contributed by atoms with Gasteiger partial charge in [0.1, 0.15) is 12.4 Å². The van der Waals surface area contributed by atoms with Crippen molar-refractivity contribution in [3.63, 3.8) is 0 Å². The first-order valence-corrected chi connectivity index (χ1v) is 16.3. The molecule has 0 amide bonds. The zero-order valence-corrected chi connectivity index (χ0v) is 28.6. The first kappa shape index (κ1) is 32.5. The second kappa shape index (κ2) is 14.1. The van der Waals surface area contributed by atoms with E-state index in [1.165, 1.54) is 11.3 Å². The first-order valence-electron chi connectivity index (χ1n) is 14.3. The first-order chi connectivity index (χ1) is 21.6. The molecule has 0 saturated carbocycles. The van der Waals surface area contributed by atoms with Gasteiger partial charge in [-0.15, -0.1) is 0 Å². The summed E-state index contributed by atoms with van der Waals surface area (Å²) in [6.45, 7) is 8.09. The van der Waals surface area contributed by atoms with Gasteiger partial charge in [0.05, 0.1) is 46.1 Å². The van der Waals surface area contributed by atoms with Gasteiger partial charge < -0.3 is 18.9 Å². The van der Waals surface area contributed by atoms with Crippen molar-refractivity contribution in [3.8, 4) is 17.2 Å². The summed E-state index contributed by atoms with van der Waals surface area (Å²) in [7, 11) is 1.56. The summed E-state index contributed by atoms with van der Waals surface area (Å²) in [6.07, 6.45) is 1.44. The van der Waals surface area contributed by atoms with Crippen LogP contribution in [-0.4, -0.2) is 30.4 Å². The van der Waals surface area contributed by atoms with E-state index in [2.05, 4.69) is 20.9 Å². The number of methoxy groups -OCH3 is 1. The second-order valence-electron chi connectivity index (χ2n) is 10.5. The van der Waals surface area contributed by atoms with Crippen molar-refractivity contribution < 1.29 is 23.7 Å². The largest absolute Gasteiger partial charge is 0.494 e. The third-order valence-electron chi connectivity index (χ3n) is 6.94. The topological polar surface area (TPSA) is 88.4 Å². The van der Waals surface area contributed by atoms with Gasteiger partial charge in [0, 0.05) is 5.02 Å². The normalized spacial score (nSPS) is 14.7. The van der Waals surface area contributed by atoms with Gasteiger partial charge >= 0.3 is 5.97 Å². The summed E-state index contributed by atoms with van der Waals surface area (Å²) in [5.74, 6) is 1.22. The smallest absolute Gasteiger partial charge is 0.338 e. The number of allylic oxidation sites excluding steroid dienone is 1. The Kier molecular flexibility index (Phi) is 10.2. The number of nitrogens with zero attached hydrogens (tertiary/aromatic N) is 2. The Morgan fingerprint density at radius 1 is 1.11 bits per heavy atom. The van der Waals surface area contributed by atoms with Crippen molar-refractivity contribution in [2.24, 2.45) is 4.99 Å². The SMILES string of the molecule is CCOc1ccc([C@@H]2C(C(=O)OC(C)C)=C(C)N=c3s/c(=C/c4cc(Br)c(OCc5ccc(Cl)cc5)c(OC)c4)c(=O)n32)cc1. The van der Waals surface area contributed by atoms with E-state index in [1.54, 1.807) is 44.6 Å². The molecule has 2 heterocycles. The lowest BCUT2D eigenvalue weighted by Gasteiger charge is -2.25. The molecule has 0 spiro atoms. The van der Waals surface area contributed by atoms with Gasteiger partial charge in [0.2, 0.25) is 0 Å². The number of thiazole rings is 1. The fourth-order valence-corrected chi connectivity index (χ4v) is 6.69. The van der Waals surface area contributed by atoms with E-state index >= 15 is 0 Å². The van der Waals surface area contributed by atoms with Crippen LogP contribution in [0.1, 0.15) is 50.4 Å². The number of carbonyl (C=O) groups is 1. The van der Waals surface area contributed by atoms with Crippen LogP contribution in [0, 0.1) is 0 Å². The molecule has 0 aliphatic carbocycles. The minimum absolute atomic E-state index is 0.280. The van der Waals surface area contributed by atoms with E-state index in [9.17, 15) is 9.59 Å². The summed E-state index contributed by atoms with van der Waals surface area (Å²) in [5.41, 5.74) is 2.95. The number of esters is 1. The highest BCUT2D eigenvalue weighted by atomic mass is 79.9. The average Bonchev–Trinajstić information content (AvgIpc) is 3.30. The molecule has 234 valence electrons. The standard InChI is InChI=1S/C34H32BrClN2O6S/c1-6-42-25-13-9-23(10-14-25)30-29(33(40)44-19(2)3)20(4)37-34-38(30)32(39)28(45-34)17-22-15-26(35)31(27(16-22)41-5)43-18-21-7-11-24(36)12-8-21/h7-17,19,30H,6,18H2,1-5H3/b28-17+/t30-/m1/s1. The third kappa shape index (κ3) is 7.19. The van der Waals surface area contributed by atoms with Crippen molar-refractivity contribution in [2.75, 3.05) is 13.7 Å². The molecule has 11 heteroatoms. The van der Waals surface area contributed by atoms with E-state index in [0.717, 1.165) is 16.7 Å². The predicted octanol–water partition coefficient (Wildman–Crippen LogP) is 6.59. The molecule has 0 saturated heterocycles. The predicted molar refractivity (Wildman–Crippen MR) is 179 cm³/mol. The molecule has 4 aromatic rings. The van der Waals surface area contributed by atoms with Crippen molar-refractivity contribution in [3.05, 3.63) is 118 Å². The zero-order chi connectivity index (χ0) is 32.2.